The number of rotatable bonds is 6. The average Bonchev–Trinajstić information content (AvgIpc) is 2.67. The normalized spacial score (nSPS) is 29.4. The Kier molecular flexibility index (Phi) is 5.66. The molecule has 2 saturated heterocycles. The van der Waals surface area contributed by atoms with E-state index >= 15 is 0 Å². The van der Waals surface area contributed by atoms with E-state index in [0.717, 1.165) is 31.7 Å². The van der Waals surface area contributed by atoms with Gasteiger partial charge in [0.1, 0.15) is 0 Å². The fourth-order valence-corrected chi connectivity index (χ4v) is 3.60. The fourth-order valence-electron chi connectivity index (χ4n) is 3.60. The third kappa shape index (κ3) is 3.85. The van der Waals surface area contributed by atoms with Crippen molar-refractivity contribution in [2.24, 2.45) is 0 Å². The molecule has 2 aliphatic heterocycles. The van der Waals surface area contributed by atoms with Crippen LogP contribution in [0.3, 0.4) is 0 Å². The molecule has 0 saturated carbocycles. The summed E-state index contributed by atoms with van der Waals surface area (Å²) >= 11 is 0. The molecule has 0 aliphatic carbocycles. The maximum atomic E-state index is 11.5. The highest BCUT2D eigenvalue weighted by Gasteiger charge is 2.39. The first-order chi connectivity index (χ1) is 9.61. The van der Waals surface area contributed by atoms with E-state index in [1.165, 1.54) is 32.1 Å². The molecule has 2 amide bonds. The van der Waals surface area contributed by atoms with Crippen LogP contribution >= 0.6 is 0 Å². The van der Waals surface area contributed by atoms with Crippen molar-refractivity contribution in [1.29, 1.82) is 0 Å². The number of hydrogen-bond donors (Lipinski definition) is 2. The molecule has 2 fully saturated rings. The largest absolute Gasteiger partial charge is 0.337 e. The number of amides is 2. The van der Waals surface area contributed by atoms with Crippen molar-refractivity contribution in [3.05, 3.63) is 0 Å². The second-order valence-corrected chi connectivity index (χ2v) is 6.37. The molecule has 116 valence electrons. The van der Waals surface area contributed by atoms with Gasteiger partial charge in [0.15, 0.2) is 0 Å². The monoisotopic (exact) mass is 282 g/mol. The summed E-state index contributed by atoms with van der Waals surface area (Å²) in [6.07, 6.45) is 6.43. The highest BCUT2D eigenvalue weighted by molar-refractivity contribution is 5.73. The van der Waals surface area contributed by atoms with Gasteiger partial charge in [-0.2, -0.15) is 0 Å². The molecule has 0 radical (unpaired) electrons. The van der Waals surface area contributed by atoms with E-state index < -0.39 is 0 Å². The number of urea groups is 1. The molecule has 0 spiro atoms. The summed E-state index contributed by atoms with van der Waals surface area (Å²) in [5, 5.41) is 6.65. The minimum atomic E-state index is 0.0110. The third-order valence-electron chi connectivity index (χ3n) is 4.62. The Balaban J connectivity index is 1.74. The number of piperidine rings is 1. The predicted octanol–water partition coefficient (Wildman–Crippen LogP) is 1.25. The average molecular weight is 282 g/mol. The first kappa shape index (κ1) is 15.6. The van der Waals surface area contributed by atoms with Crippen molar-refractivity contribution in [1.82, 2.24) is 20.4 Å². The lowest BCUT2D eigenvalue weighted by molar-refractivity contribution is 0.118. The molecule has 2 aliphatic rings. The van der Waals surface area contributed by atoms with Crippen molar-refractivity contribution < 1.29 is 4.79 Å². The summed E-state index contributed by atoms with van der Waals surface area (Å²) < 4.78 is 0. The van der Waals surface area contributed by atoms with Gasteiger partial charge in [-0.25, -0.2) is 4.79 Å². The molecule has 2 N–H and O–H groups in total. The van der Waals surface area contributed by atoms with Crippen LogP contribution < -0.4 is 10.6 Å². The zero-order chi connectivity index (χ0) is 14.5. The van der Waals surface area contributed by atoms with Crippen LogP contribution in [-0.2, 0) is 0 Å². The molecule has 5 heteroatoms. The quantitative estimate of drug-likeness (QED) is 0.771. The number of hydrogen-bond acceptors (Lipinski definition) is 3. The Morgan fingerprint density at radius 1 is 1.20 bits per heavy atom. The third-order valence-corrected chi connectivity index (χ3v) is 4.62. The van der Waals surface area contributed by atoms with Crippen LogP contribution in [0.5, 0.6) is 0 Å². The Bertz CT molecular complexity index is 307. The van der Waals surface area contributed by atoms with Crippen LogP contribution in [0.1, 0.15) is 39.0 Å². The summed E-state index contributed by atoms with van der Waals surface area (Å²) in [5.41, 5.74) is 0. The molecular formula is C15H30N4O. The van der Waals surface area contributed by atoms with E-state index in [4.69, 9.17) is 0 Å². The van der Waals surface area contributed by atoms with Crippen LogP contribution in [0.25, 0.3) is 0 Å². The van der Waals surface area contributed by atoms with E-state index in [1.807, 2.05) is 0 Å². The molecule has 0 aromatic rings. The zero-order valence-corrected chi connectivity index (χ0v) is 13.2. The van der Waals surface area contributed by atoms with E-state index in [1.54, 1.807) is 19.0 Å². The second-order valence-electron chi connectivity index (χ2n) is 6.37. The molecule has 2 unspecified atom stereocenters. The summed E-state index contributed by atoms with van der Waals surface area (Å²) in [6.45, 7) is 5.12. The smallest absolute Gasteiger partial charge is 0.316 e. The predicted molar refractivity (Wildman–Crippen MR) is 81.9 cm³/mol. The number of fused-ring (bicyclic) bond motifs is 2. The number of carbonyl (C=O) groups excluding carboxylic acids is 1. The molecule has 2 rings (SSSR count). The van der Waals surface area contributed by atoms with Gasteiger partial charge < -0.3 is 15.5 Å². The Morgan fingerprint density at radius 3 is 2.40 bits per heavy atom. The summed E-state index contributed by atoms with van der Waals surface area (Å²) in [4.78, 5) is 15.7. The van der Waals surface area contributed by atoms with E-state index in [-0.39, 0.29) is 6.03 Å². The topological polar surface area (TPSA) is 47.6 Å². The molecule has 5 nitrogen and oxygen atoms in total. The first-order valence-electron chi connectivity index (χ1n) is 8.06. The summed E-state index contributed by atoms with van der Waals surface area (Å²) in [7, 11) is 3.56. The second kappa shape index (κ2) is 7.27. The van der Waals surface area contributed by atoms with Crippen LogP contribution in [0.2, 0.25) is 0 Å². The van der Waals surface area contributed by atoms with Gasteiger partial charge in [-0.1, -0.05) is 6.92 Å². The van der Waals surface area contributed by atoms with E-state index in [0.29, 0.717) is 6.04 Å². The molecule has 2 heterocycles. The highest BCUT2D eigenvalue weighted by atomic mass is 16.2. The lowest BCUT2D eigenvalue weighted by Gasteiger charge is -2.39. The van der Waals surface area contributed by atoms with Crippen molar-refractivity contribution in [2.75, 3.05) is 33.7 Å². The van der Waals surface area contributed by atoms with Crippen LogP contribution in [-0.4, -0.2) is 67.7 Å². The standard InChI is InChI=1S/C15H30N4O/c1-4-7-16-12-10-13-5-6-14(11-12)19(13)9-8-17-15(20)18(2)3/h12-14,16H,4-11H2,1-3H3,(H,17,20). The van der Waals surface area contributed by atoms with Crippen molar-refractivity contribution in [3.8, 4) is 0 Å². The molecule has 20 heavy (non-hydrogen) atoms. The van der Waals surface area contributed by atoms with Gasteiger partial charge in [0.05, 0.1) is 0 Å². The lowest BCUT2D eigenvalue weighted by Crippen LogP contribution is -2.51. The SMILES string of the molecule is CCCNC1CC2CCC(C1)N2CCNC(=O)N(C)C. The Hall–Kier alpha value is -0.810. The zero-order valence-electron chi connectivity index (χ0n) is 13.2. The van der Waals surface area contributed by atoms with Gasteiger partial charge in [0.25, 0.3) is 0 Å². The van der Waals surface area contributed by atoms with Crippen LogP contribution in [0.15, 0.2) is 0 Å². The minimum Gasteiger partial charge on any atom is -0.337 e. The fraction of sp³-hybridized carbons (Fsp3) is 0.933. The van der Waals surface area contributed by atoms with Gasteiger partial charge in [-0.15, -0.1) is 0 Å². The van der Waals surface area contributed by atoms with Gasteiger partial charge in [0.2, 0.25) is 0 Å². The first-order valence-corrected chi connectivity index (χ1v) is 8.06. The molecule has 2 atom stereocenters. The minimum absolute atomic E-state index is 0.0110. The van der Waals surface area contributed by atoms with Crippen LogP contribution in [0, 0.1) is 0 Å². The van der Waals surface area contributed by atoms with Crippen molar-refractivity contribution in [2.45, 2.75) is 57.2 Å². The lowest BCUT2D eigenvalue weighted by atomic mass is 9.97. The molecule has 0 aromatic carbocycles. The molecule has 0 aromatic heterocycles. The van der Waals surface area contributed by atoms with Crippen molar-refractivity contribution in [3.63, 3.8) is 0 Å². The van der Waals surface area contributed by atoms with E-state index in [2.05, 4.69) is 22.5 Å². The maximum Gasteiger partial charge on any atom is 0.316 e. The number of nitrogens with one attached hydrogen (secondary N) is 2. The summed E-state index contributed by atoms with van der Waals surface area (Å²) in [5.74, 6) is 0. The van der Waals surface area contributed by atoms with Gasteiger partial charge in [-0.3, -0.25) is 4.90 Å². The van der Waals surface area contributed by atoms with Crippen molar-refractivity contribution >= 4 is 6.03 Å². The van der Waals surface area contributed by atoms with Gasteiger partial charge in [-0.05, 0) is 38.6 Å². The van der Waals surface area contributed by atoms with Crippen LogP contribution in [0.4, 0.5) is 4.79 Å². The van der Waals surface area contributed by atoms with E-state index in [9.17, 15) is 4.79 Å². The molecule has 2 bridgehead atoms. The molecular weight excluding hydrogens is 252 g/mol. The maximum absolute atomic E-state index is 11.5. The Morgan fingerprint density at radius 2 is 1.85 bits per heavy atom. The number of nitrogens with zero attached hydrogens (tertiary/aromatic N) is 2. The van der Waals surface area contributed by atoms with Gasteiger partial charge >= 0.3 is 6.03 Å². The number of carbonyl (C=O) groups is 1. The Labute approximate surface area is 123 Å². The highest BCUT2D eigenvalue weighted by Crippen LogP contribution is 2.35. The van der Waals surface area contributed by atoms with Gasteiger partial charge in [0, 0.05) is 45.3 Å². The summed E-state index contributed by atoms with van der Waals surface area (Å²) in [6, 6.07) is 2.16.